The van der Waals surface area contributed by atoms with Crippen molar-refractivity contribution >= 4 is 17.2 Å². The van der Waals surface area contributed by atoms with Gasteiger partial charge >= 0.3 is 0 Å². The number of nitrogens with one attached hydrogen (secondary N) is 1. The molecule has 0 fully saturated rings. The number of nitrogens with zero attached hydrogens (tertiary/aromatic N) is 1. The van der Waals surface area contributed by atoms with Crippen LogP contribution in [0.4, 0.5) is 0 Å². The average molecular weight is 239 g/mol. The highest BCUT2D eigenvalue weighted by Crippen LogP contribution is 2.23. The van der Waals surface area contributed by atoms with Crippen LogP contribution in [0.15, 0.2) is 11.4 Å². The molecule has 0 atom stereocenters. The molecule has 0 radical (unpaired) electrons. The first kappa shape index (κ1) is 11.6. The van der Waals surface area contributed by atoms with Crippen molar-refractivity contribution in [2.24, 2.45) is 5.73 Å². The Balaban J connectivity index is 1.86. The maximum atomic E-state index is 11.8. The van der Waals surface area contributed by atoms with Gasteiger partial charge in [-0.25, -0.2) is 0 Å². The molecule has 0 bridgehead atoms. The molecular formula is C11H17N3OS. The molecule has 1 amide bonds. The highest BCUT2D eigenvalue weighted by atomic mass is 32.1. The molecule has 88 valence electrons. The summed E-state index contributed by atoms with van der Waals surface area (Å²) in [4.78, 5) is 15.2. The number of carbonyl (C=O) groups excluding carboxylic acids is 1. The quantitative estimate of drug-likeness (QED) is 0.737. The summed E-state index contributed by atoms with van der Waals surface area (Å²) in [5, 5.41) is 5.14. The first-order valence-electron chi connectivity index (χ1n) is 5.55. The minimum Gasteiger partial charge on any atom is -0.337 e. The smallest absolute Gasteiger partial charge is 0.236 e. The monoisotopic (exact) mass is 239 g/mol. The summed E-state index contributed by atoms with van der Waals surface area (Å²) in [6, 6.07) is 2.12. The standard InChI is InChI=1S/C11H17N3OS/c12-3-4-13-7-11(15)14-5-1-10-9(8-14)2-6-16-10/h2,6,13H,1,3-5,7-8,12H2. The number of hydrogen-bond donors (Lipinski definition) is 2. The van der Waals surface area contributed by atoms with Gasteiger partial charge in [-0.2, -0.15) is 0 Å². The molecule has 0 spiro atoms. The molecule has 2 rings (SSSR count). The highest BCUT2D eigenvalue weighted by molar-refractivity contribution is 7.10. The van der Waals surface area contributed by atoms with Crippen LogP contribution >= 0.6 is 11.3 Å². The second-order valence-electron chi connectivity index (χ2n) is 3.90. The minimum atomic E-state index is 0.172. The van der Waals surface area contributed by atoms with Gasteiger partial charge in [0.05, 0.1) is 6.54 Å². The lowest BCUT2D eigenvalue weighted by Crippen LogP contribution is -2.41. The molecule has 1 aromatic heterocycles. The molecule has 4 nitrogen and oxygen atoms in total. The van der Waals surface area contributed by atoms with E-state index in [4.69, 9.17) is 5.73 Å². The number of thiophene rings is 1. The number of amides is 1. The molecule has 1 aromatic rings. The van der Waals surface area contributed by atoms with Gasteiger partial charge in [-0.05, 0) is 23.4 Å². The molecular weight excluding hydrogens is 222 g/mol. The van der Waals surface area contributed by atoms with E-state index in [1.54, 1.807) is 11.3 Å². The molecule has 5 heteroatoms. The van der Waals surface area contributed by atoms with Crippen molar-refractivity contribution < 1.29 is 4.79 Å². The number of nitrogens with two attached hydrogens (primary N) is 1. The lowest BCUT2D eigenvalue weighted by molar-refractivity contribution is -0.131. The van der Waals surface area contributed by atoms with E-state index in [0.717, 1.165) is 19.5 Å². The normalized spacial score (nSPS) is 14.9. The lowest BCUT2D eigenvalue weighted by atomic mass is 10.1. The van der Waals surface area contributed by atoms with Crippen LogP contribution in [-0.4, -0.2) is 37.0 Å². The lowest BCUT2D eigenvalue weighted by Gasteiger charge is -2.27. The Morgan fingerprint density at radius 2 is 2.50 bits per heavy atom. The van der Waals surface area contributed by atoms with Gasteiger partial charge in [0.25, 0.3) is 0 Å². The van der Waals surface area contributed by atoms with Crippen molar-refractivity contribution in [2.45, 2.75) is 13.0 Å². The summed E-state index contributed by atoms with van der Waals surface area (Å²) < 4.78 is 0. The molecule has 0 saturated heterocycles. The van der Waals surface area contributed by atoms with Gasteiger partial charge in [0, 0.05) is 31.1 Å². The van der Waals surface area contributed by atoms with Gasteiger partial charge in [0.2, 0.25) is 5.91 Å². The summed E-state index contributed by atoms with van der Waals surface area (Å²) in [6.07, 6.45) is 0.996. The van der Waals surface area contributed by atoms with Crippen LogP contribution in [0.25, 0.3) is 0 Å². The molecule has 1 aliphatic heterocycles. The Bertz CT molecular complexity index is 364. The van der Waals surface area contributed by atoms with E-state index in [0.29, 0.717) is 19.6 Å². The van der Waals surface area contributed by atoms with Crippen molar-refractivity contribution in [1.82, 2.24) is 10.2 Å². The number of carbonyl (C=O) groups is 1. The molecule has 3 N–H and O–H groups in total. The second kappa shape index (κ2) is 5.43. The summed E-state index contributed by atoms with van der Waals surface area (Å²) in [5.74, 6) is 0.172. The zero-order chi connectivity index (χ0) is 11.4. The highest BCUT2D eigenvalue weighted by Gasteiger charge is 2.20. The Hall–Kier alpha value is -0.910. The zero-order valence-electron chi connectivity index (χ0n) is 9.24. The molecule has 1 aliphatic rings. The van der Waals surface area contributed by atoms with E-state index in [1.807, 2.05) is 4.90 Å². The van der Waals surface area contributed by atoms with Crippen LogP contribution in [-0.2, 0) is 17.8 Å². The summed E-state index contributed by atoms with van der Waals surface area (Å²) in [7, 11) is 0. The van der Waals surface area contributed by atoms with Crippen LogP contribution in [0.1, 0.15) is 10.4 Å². The van der Waals surface area contributed by atoms with Crippen LogP contribution in [0.2, 0.25) is 0 Å². The number of fused-ring (bicyclic) bond motifs is 1. The van der Waals surface area contributed by atoms with Crippen LogP contribution < -0.4 is 11.1 Å². The minimum absolute atomic E-state index is 0.172. The van der Waals surface area contributed by atoms with Crippen molar-refractivity contribution in [1.29, 1.82) is 0 Å². The topological polar surface area (TPSA) is 58.4 Å². The molecule has 0 aliphatic carbocycles. The molecule has 2 heterocycles. The van der Waals surface area contributed by atoms with Gasteiger partial charge in [-0.1, -0.05) is 0 Å². The predicted octanol–water partition coefficient (Wildman–Crippen LogP) is 0.181. The number of rotatable bonds is 4. The van der Waals surface area contributed by atoms with Crippen LogP contribution in [0.5, 0.6) is 0 Å². The Morgan fingerprint density at radius 1 is 1.62 bits per heavy atom. The van der Waals surface area contributed by atoms with Gasteiger partial charge < -0.3 is 16.0 Å². The fourth-order valence-corrected chi connectivity index (χ4v) is 2.76. The van der Waals surface area contributed by atoms with Gasteiger partial charge in [0.1, 0.15) is 0 Å². The Morgan fingerprint density at radius 3 is 3.31 bits per heavy atom. The first-order valence-corrected chi connectivity index (χ1v) is 6.43. The van der Waals surface area contributed by atoms with Crippen molar-refractivity contribution in [3.63, 3.8) is 0 Å². The Labute approximate surface area is 99.4 Å². The molecule has 16 heavy (non-hydrogen) atoms. The third-order valence-corrected chi connectivity index (χ3v) is 3.78. The van der Waals surface area contributed by atoms with Crippen LogP contribution in [0, 0.1) is 0 Å². The third-order valence-electron chi connectivity index (χ3n) is 2.76. The fraction of sp³-hybridized carbons (Fsp3) is 0.545. The molecule has 0 aromatic carbocycles. The second-order valence-corrected chi connectivity index (χ2v) is 4.90. The van der Waals surface area contributed by atoms with Gasteiger partial charge in [-0.15, -0.1) is 11.3 Å². The van der Waals surface area contributed by atoms with E-state index >= 15 is 0 Å². The third kappa shape index (κ3) is 2.61. The van der Waals surface area contributed by atoms with E-state index in [-0.39, 0.29) is 5.91 Å². The maximum absolute atomic E-state index is 11.8. The molecule has 0 unspecified atom stereocenters. The first-order chi connectivity index (χ1) is 7.81. The summed E-state index contributed by atoms with van der Waals surface area (Å²) in [6.45, 7) is 3.28. The summed E-state index contributed by atoms with van der Waals surface area (Å²) >= 11 is 1.79. The summed E-state index contributed by atoms with van der Waals surface area (Å²) in [5.41, 5.74) is 6.67. The molecule has 0 saturated carbocycles. The van der Waals surface area contributed by atoms with Crippen molar-refractivity contribution in [2.75, 3.05) is 26.2 Å². The Kier molecular flexibility index (Phi) is 3.93. The number of hydrogen-bond acceptors (Lipinski definition) is 4. The van der Waals surface area contributed by atoms with E-state index in [9.17, 15) is 4.79 Å². The van der Waals surface area contributed by atoms with E-state index in [1.165, 1.54) is 10.4 Å². The maximum Gasteiger partial charge on any atom is 0.236 e. The van der Waals surface area contributed by atoms with Crippen LogP contribution in [0.3, 0.4) is 0 Å². The van der Waals surface area contributed by atoms with Crippen molar-refractivity contribution in [3.05, 3.63) is 21.9 Å². The van der Waals surface area contributed by atoms with Gasteiger partial charge in [-0.3, -0.25) is 4.79 Å². The fourth-order valence-electron chi connectivity index (χ4n) is 1.87. The largest absolute Gasteiger partial charge is 0.337 e. The zero-order valence-corrected chi connectivity index (χ0v) is 10.1. The van der Waals surface area contributed by atoms with E-state index in [2.05, 4.69) is 16.8 Å². The average Bonchev–Trinajstić information content (AvgIpc) is 2.76. The van der Waals surface area contributed by atoms with E-state index < -0.39 is 0 Å². The van der Waals surface area contributed by atoms with Crippen molar-refractivity contribution in [3.8, 4) is 0 Å². The predicted molar refractivity (Wildman–Crippen MR) is 65.4 cm³/mol. The SMILES string of the molecule is NCCNCC(=O)N1CCc2sccc2C1. The van der Waals surface area contributed by atoms with Gasteiger partial charge in [0.15, 0.2) is 0 Å².